The van der Waals surface area contributed by atoms with Crippen molar-refractivity contribution >= 4 is 5.91 Å². The third-order valence-corrected chi connectivity index (χ3v) is 4.93. The predicted octanol–water partition coefficient (Wildman–Crippen LogP) is 1.58. The Hall–Kier alpha value is -1.43. The largest absolute Gasteiger partial charge is 0.350 e. The van der Waals surface area contributed by atoms with Gasteiger partial charge in [0.1, 0.15) is 19.2 Å². The quantitative estimate of drug-likeness (QED) is 0.858. The van der Waals surface area contributed by atoms with Crippen LogP contribution in [0.4, 0.5) is 0 Å². The van der Waals surface area contributed by atoms with E-state index in [9.17, 15) is 4.79 Å². The van der Waals surface area contributed by atoms with Gasteiger partial charge in [-0.25, -0.2) is 9.67 Å². The topological polar surface area (TPSA) is 63.1 Å². The summed E-state index contributed by atoms with van der Waals surface area (Å²) >= 11 is 0. The summed E-state index contributed by atoms with van der Waals surface area (Å²) < 4.78 is 1.57. The van der Waals surface area contributed by atoms with Gasteiger partial charge in [-0.05, 0) is 32.2 Å². The lowest BCUT2D eigenvalue weighted by Gasteiger charge is -2.38. The van der Waals surface area contributed by atoms with Gasteiger partial charge in [-0.15, -0.1) is 0 Å². The molecule has 1 aromatic rings. The van der Waals surface area contributed by atoms with Crippen molar-refractivity contribution in [3.8, 4) is 0 Å². The molecule has 2 heterocycles. The van der Waals surface area contributed by atoms with Crippen molar-refractivity contribution in [3.63, 3.8) is 0 Å². The summed E-state index contributed by atoms with van der Waals surface area (Å²) in [4.78, 5) is 18.6. The summed E-state index contributed by atoms with van der Waals surface area (Å²) in [5.74, 6) is 0.0400. The number of amides is 1. The fraction of sp³-hybridized carbons (Fsp3) is 0.812. The maximum absolute atomic E-state index is 12.1. The molecule has 0 radical (unpaired) electrons. The molecule has 1 saturated heterocycles. The number of carbonyl (C=O) groups is 1. The highest BCUT2D eigenvalue weighted by molar-refractivity contribution is 5.75. The summed E-state index contributed by atoms with van der Waals surface area (Å²) in [6.07, 6.45) is 13.5. The van der Waals surface area contributed by atoms with Crippen LogP contribution in [0.15, 0.2) is 12.7 Å². The van der Waals surface area contributed by atoms with Gasteiger partial charge in [0.2, 0.25) is 5.91 Å². The van der Waals surface area contributed by atoms with Crippen molar-refractivity contribution in [3.05, 3.63) is 12.7 Å². The van der Waals surface area contributed by atoms with Gasteiger partial charge in [0.05, 0.1) is 0 Å². The molecule has 2 fully saturated rings. The van der Waals surface area contributed by atoms with Crippen molar-refractivity contribution in [1.82, 2.24) is 25.0 Å². The van der Waals surface area contributed by atoms with E-state index >= 15 is 0 Å². The van der Waals surface area contributed by atoms with Gasteiger partial charge in [-0.3, -0.25) is 9.69 Å². The van der Waals surface area contributed by atoms with E-state index in [2.05, 4.69) is 20.3 Å². The molecule has 0 bridgehead atoms. The first-order valence-corrected chi connectivity index (χ1v) is 8.67. The van der Waals surface area contributed by atoms with Gasteiger partial charge in [0.15, 0.2) is 0 Å². The number of aromatic nitrogens is 3. The molecule has 122 valence electrons. The van der Waals surface area contributed by atoms with Crippen LogP contribution in [0.5, 0.6) is 0 Å². The second kappa shape index (κ2) is 7.72. The van der Waals surface area contributed by atoms with Crippen molar-refractivity contribution in [1.29, 1.82) is 0 Å². The number of carbonyl (C=O) groups excluding carboxylic acids is 1. The summed E-state index contributed by atoms with van der Waals surface area (Å²) in [6.45, 7) is 2.47. The van der Waals surface area contributed by atoms with Crippen LogP contribution in [0, 0.1) is 0 Å². The summed E-state index contributed by atoms with van der Waals surface area (Å²) in [5.41, 5.74) is 0. The number of nitrogens with zero attached hydrogens (tertiary/aromatic N) is 4. The van der Waals surface area contributed by atoms with E-state index in [-0.39, 0.29) is 18.5 Å². The van der Waals surface area contributed by atoms with Crippen LogP contribution < -0.4 is 5.32 Å². The zero-order chi connectivity index (χ0) is 15.2. The van der Waals surface area contributed by atoms with E-state index in [0.29, 0.717) is 0 Å². The number of piperidine rings is 1. The van der Waals surface area contributed by atoms with Gasteiger partial charge in [-0.2, -0.15) is 5.10 Å². The SMILES string of the molecule is O=C(Cn1cncn1)NC1CCCN(C2CCCCCC2)C1. The first kappa shape index (κ1) is 15.5. The summed E-state index contributed by atoms with van der Waals surface area (Å²) in [5, 5.41) is 7.16. The maximum atomic E-state index is 12.1. The smallest absolute Gasteiger partial charge is 0.242 e. The second-order valence-corrected chi connectivity index (χ2v) is 6.64. The molecule has 1 aliphatic heterocycles. The Morgan fingerprint density at radius 3 is 2.68 bits per heavy atom. The van der Waals surface area contributed by atoms with E-state index in [1.165, 1.54) is 57.8 Å². The third kappa shape index (κ3) is 4.29. The van der Waals surface area contributed by atoms with Gasteiger partial charge in [0, 0.05) is 18.6 Å². The maximum Gasteiger partial charge on any atom is 0.242 e. The predicted molar refractivity (Wildman–Crippen MR) is 84.2 cm³/mol. The Labute approximate surface area is 132 Å². The number of rotatable bonds is 4. The van der Waals surface area contributed by atoms with E-state index < -0.39 is 0 Å². The molecule has 3 rings (SSSR count). The van der Waals surface area contributed by atoms with Gasteiger partial charge in [0.25, 0.3) is 0 Å². The molecule has 0 spiro atoms. The molecular formula is C16H27N5O. The molecule has 1 aromatic heterocycles. The lowest BCUT2D eigenvalue weighted by Crippen LogP contribution is -2.51. The van der Waals surface area contributed by atoms with Crippen LogP contribution in [0.1, 0.15) is 51.4 Å². The van der Waals surface area contributed by atoms with Crippen LogP contribution in [0.25, 0.3) is 0 Å². The average Bonchev–Trinajstić information content (AvgIpc) is 2.87. The Balaban J connectivity index is 1.48. The molecule has 2 aliphatic rings. The number of likely N-dealkylation sites (tertiary alicyclic amines) is 1. The van der Waals surface area contributed by atoms with Gasteiger partial charge >= 0.3 is 0 Å². The monoisotopic (exact) mass is 305 g/mol. The Morgan fingerprint density at radius 1 is 1.14 bits per heavy atom. The highest BCUT2D eigenvalue weighted by Crippen LogP contribution is 2.24. The van der Waals surface area contributed by atoms with Crippen LogP contribution in [-0.2, 0) is 11.3 Å². The molecule has 0 aromatic carbocycles. The fourth-order valence-corrected chi connectivity index (χ4v) is 3.81. The van der Waals surface area contributed by atoms with E-state index in [4.69, 9.17) is 0 Å². The molecule has 6 nitrogen and oxygen atoms in total. The normalized spacial score (nSPS) is 24.8. The Kier molecular flexibility index (Phi) is 5.43. The zero-order valence-corrected chi connectivity index (χ0v) is 13.3. The molecule has 1 atom stereocenters. The lowest BCUT2D eigenvalue weighted by molar-refractivity contribution is -0.123. The summed E-state index contributed by atoms with van der Waals surface area (Å²) in [7, 11) is 0. The number of hydrogen-bond acceptors (Lipinski definition) is 4. The van der Waals surface area contributed by atoms with Crippen LogP contribution >= 0.6 is 0 Å². The van der Waals surface area contributed by atoms with E-state index in [0.717, 1.165) is 19.0 Å². The molecule has 1 N–H and O–H groups in total. The molecule has 1 saturated carbocycles. The van der Waals surface area contributed by atoms with E-state index in [1.807, 2.05) is 0 Å². The Bertz CT molecular complexity index is 453. The highest BCUT2D eigenvalue weighted by atomic mass is 16.2. The standard InChI is InChI=1S/C16H27N5O/c22-16(11-21-13-17-12-18-21)19-14-6-5-9-20(10-14)15-7-3-1-2-4-8-15/h12-15H,1-11H2,(H,19,22). The first-order chi connectivity index (χ1) is 10.8. The highest BCUT2D eigenvalue weighted by Gasteiger charge is 2.27. The fourth-order valence-electron chi connectivity index (χ4n) is 3.81. The van der Waals surface area contributed by atoms with Crippen molar-refractivity contribution in [2.24, 2.45) is 0 Å². The molecule has 22 heavy (non-hydrogen) atoms. The molecule has 1 unspecified atom stereocenters. The van der Waals surface area contributed by atoms with Crippen molar-refractivity contribution in [2.75, 3.05) is 13.1 Å². The zero-order valence-electron chi connectivity index (χ0n) is 13.3. The minimum Gasteiger partial charge on any atom is -0.350 e. The minimum absolute atomic E-state index is 0.0400. The second-order valence-electron chi connectivity index (χ2n) is 6.64. The minimum atomic E-state index is 0.0400. The number of nitrogens with one attached hydrogen (secondary N) is 1. The first-order valence-electron chi connectivity index (χ1n) is 8.67. The average molecular weight is 305 g/mol. The lowest BCUT2D eigenvalue weighted by atomic mass is 10.00. The van der Waals surface area contributed by atoms with Crippen molar-refractivity contribution in [2.45, 2.75) is 70.0 Å². The van der Waals surface area contributed by atoms with Gasteiger partial charge in [-0.1, -0.05) is 25.7 Å². The molecule has 1 amide bonds. The Morgan fingerprint density at radius 2 is 1.95 bits per heavy atom. The molecule has 6 heteroatoms. The van der Waals surface area contributed by atoms with Crippen LogP contribution in [0.2, 0.25) is 0 Å². The molecule has 1 aliphatic carbocycles. The van der Waals surface area contributed by atoms with Crippen molar-refractivity contribution < 1.29 is 4.79 Å². The van der Waals surface area contributed by atoms with E-state index in [1.54, 1.807) is 11.0 Å². The van der Waals surface area contributed by atoms with Gasteiger partial charge < -0.3 is 5.32 Å². The summed E-state index contributed by atoms with van der Waals surface area (Å²) in [6, 6.07) is 1.02. The molecular weight excluding hydrogens is 278 g/mol. The van der Waals surface area contributed by atoms with Crippen LogP contribution in [0.3, 0.4) is 0 Å². The third-order valence-electron chi connectivity index (χ3n) is 4.93. The number of hydrogen-bond donors (Lipinski definition) is 1. The van der Waals surface area contributed by atoms with Crippen LogP contribution in [-0.4, -0.2) is 50.7 Å².